The normalized spacial score (nSPS) is 9.77. The van der Waals surface area contributed by atoms with Crippen molar-refractivity contribution < 1.29 is 33.4 Å². The van der Waals surface area contributed by atoms with E-state index in [2.05, 4.69) is 9.47 Å². The summed E-state index contributed by atoms with van der Waals surface area (Å²) in [5, 5.41) is 0. The molecule has 114 valence electrons. The molecule has 0 fully saturated rings. The number of carbonyl (C=O) groups excluding carboxylic acids is 4. The Bertz CT molecular complexity index is 636. The lowest BCUT2D eigenvalue weighted by Crippen LogP contribution is -2.17. The molecule has 0 bridgehead atoms. The predicted octanol–water partition coefficient (Wildman–Crippen LogP) is 0.770. The highest BCUT2D eigenvalue weighted by Gasteiger charge is 2.26. The molecule has 0 aliphatic rings. The van der Waals surface area contributed by atoms with E-state index in [0.717, 1.165) is 13.8 Å². The number of esters is 4. The van der Waals surface area contributed by atoms with Crippen molar-refractivity contribution in [1.82, 2.24) is 0 Å². The molecule has 1 rings (SSSR count). The van der Waals surface area contributed by atoms with Gasteiger partial charge >= 0.3 is 23.9 Å². The Morgan fingerprint density at radius 2 is 1.55 bits per heavy atom. The number of rotatable bonds is 4. The molecule has 0 aliphatic heterocycles. The molecule has 0 spiro atoms. The summed E-state index contributed by atoms with van der Waals surface area (Å²) in [6, 6.07) is 2.69. The van der Waals surface area contributed by atoms with Gasteiger partial charge in [0.05, 0.1) is 15.0 Å². The summed E-state index contributed by atoms with van der Waals surface area (Å²) in [5.41, 5.74) is -0.0221. The van der Waals surface area contributed by atoms with Crippen LogP contribution >= 0.6 is 0 Å². The van der Waals surface area contributed by atoms with E-state index in [0.29, 0.717) is 5.56 Å². The third kappa shape index (κ3) is 3.94. The molecule has 1 aromatic rings. The predicted molar refractivity (Wildman–Crippen MR) is 74.6 cm³/mol. The van der Waals surface area contributed by atoms with E-state index < -0.39 is 23.9 Å². The van der Waals surface area contributed by atoms with Gasteiger partial charge in [0.15, 0.2) is 0 Å². The van der Waals surface area contributed by atoms with E-state index in [1.807, 2.05) is 0 Å². The van der Waals surface area contributed by atoms with E-state index in [4.69, 9.17) is 12.6 Å². The molecular weight excluding hydrogens is 291 g/mol. The summed E-state index contributed by atoms with van der Waals surface area (Å²) in [4.78, 5) is 45.7. The lowest BCUT2D eigenvalue weighted by atomic mass is 9.91. The molecule has 0 saturated heterocycles. The molecule has 22 heavy (non-hydrogen) atoms. The minimum atomic E-state index is -1.01. The highest BCUT2D eigenvalue weighted by molar-refractivity contribution is 6.11. The zero-order valence-corrected chi connectivity index (χ0v) is 12.3. The SMILES string of the molecule is [B]Cc1ccc(C(=O)OC(C)=O)c(OC)c1C(=O)OC(C)=O. The lowest BCUT2D eigenvalue weighted by Gasteiger charge is -2.14. The topological polar surface area (TPSA) is 96.0 Å². The van der Waals surface area contributed by atoms with Crippen LogP contribution in [0.25, 0.3) is 0 Å². The number of hydrogen-bond acceptors (Lipinski definition) is 7. The van der Waals surface area contributed by atoms with Gasteiger partial charge in [-0.05, 0) is 11.6 Å². The van der Waals surface area contributed by atoms with Crippen molar-refractivity contribution in [3.8, 4) is 5.75 Å². The van der Waals surface area contributed by atoms with Crippen LogP contribution in [0.15, 0.2) is 12.1 Å². The summed E-state index contributed by atoms with van der Waals surface area (Å²) in [5.74, 6) is -3.83. The van der Waals surface area contributed by atoms with Crippen molar-refractivity contribution in [2.75, 3.05) is 7.11 Å². The summed E-state index contributed by atoms with van der Waals surface area (Å²) in [7, 11) is 6.74. The number of benzene rings is 1. The molecule has 1 aromatic carbocycles. The van der Waals surface area contributed by atoms with Gasteiger partial charge in [-0.3, -0.25) is 9.59 Å². The van der Waals surface area contributed by atoms with Gasteiger partial charge in [-0.25, -0.2) is 9.59 Å². The van der Waals surface area contributed by atoms with Gasteiger partial charge in [-0.1, -0.05) is 12.4 Å². The molecule has 0 amide bonds. The number of ether oxygens (including phenoxy) is 3. The van der Waals surface area contributed by atoms with E-state index in [-0.39, 0.29) is 23.2 Å². The van der Waals surface area contributed by atoms with Crippen LogP contribution in [0.4, 0.5) is 0 Å². The van der Waals surface area contributed by atoms with Gasteiger partial charge in [0, 0.05) is 13.8 Å². The third-order valence-electron chi connectivity index (χ3n) is 2.56. The fraction of sp³-hybridized carbons (Fsp3) is 0.286. The standard InChI is InChI=1S/C14H13BO7/c1-7(16)21-13(18)10-5-4-9(6-15)11(12(10)20-3)14(19)22-8(2)17/h4-5H,6H2,1-3H3. The maximum absolute atomic E-state index is 12.0. The molecule has 2 radical (unpaired) electrons. The Hall–Kier alpha value is -2.64. The minimum Gasteiger partial charge on any atom is -0.495 e. The van der Waals surface area contributed by atoms with Gasteiger partial charge in [0.1, 0.15) is 16.9 Å². The first-order valence-electron chi connectivity index (χ1n) is 6.17. The molecule has 7 nitrogen and oxygen atoms in total. The van der Waals surface area contributed by atoms with Crippen molar-refractivity contribution in [1.29, 1.82) is 0 Å². The second-order valence-electron chi connectivity index (χ2n) is 4.15. The van der Waals surface area contributed by atoms with Crippen LogP contribution in [0.2, 0.25) is 0 Å². The van der Waals surface area contributed by atoms with Crippen LogP contribution < -0.4 is 4.74 Å². The van der Waals surface area contributed by atoms with Crippen LogP contribution in [-0.2, 0) is 25.4 Å². The number of hydrogen-bond donors (Lipinski definition) is 0. The largest absolute Gasteiger partial charge is 0.495 e. The van der Waals surface area contributed by atoms with Crippen LogP contribution in [-0.4, -0.2) is 38.8 Å². The van der Waals surface area contributed by atoms with E-state index >= 15 is 0 Å². The Labute approximate surface area is 127 Å². The quantitative estimate of drug-likeness (QED) is 0.460. The fourth-order valence-corrected chi connectivity index (χ4v) is 1.76. The average molecular weight is 304 g/mol. The minimum absolute atomic E-state index is 0.0548. The molecule has 0 atom stereocenters. The fourth-order valence-electron chi connectivity index (χ4n) is 1.76. The first kappa shape index (κ1) is 17.4. The zero-order chi connectivity index (χ0) is 16.9. The molecule has 8 heteroatoms. The molecule has 0 unspecified atom stereocenters. The maximum Gasteiger partial charge on any atom is 0.349 e. The highest BCUT2D eigenvalue weighted by atomic mass is 16.6. The van der Waals surface area contributed by atoms with Gasteiger partial charge in [-0.2, -0.15) is 0 Å². The first-order valence-corrected chi connectivity index (χ1v) is 6.17. The first-order chi connectivity index (χ1) is 10.3. The van der Waals surface area contributed by atoms with Gasteiger partial charge in [-0.15, -0.1) is 0 Å². The summed E-state index contributed by atoms with van der Waals surface area (Å²) in [6.45, 7) is 2.11. The van der Waals surface area contributed by atoms with Crippen LogP contribution in [0.5, 0.6) is 5.75 Å². The van der Waals surface area contributed by atoms with Gasteiger partial charge in [0.25, 0.3) is 0 Å². The molecule has 0 heterocycles. The monoisotopic (exact) mass is 304 g/mol. The second-order valence-corrected chi connectivity index (χ2v) is 4.15. The van der Waals surface area contributed by atoms with E-state index in [9.17, 15) is 19.2 Å². The molecule has 0 N–H and O–H groups in total. The molecule has 0 saturated carbocycles. The Balaban J connectivity index is 3.44. The number of methoxy groups -OCH3 is 1. The molecule has 0 aromatic heterocycles. The smallest absolute Gasteiger partial charge is 0.349 e. The Morgan fingerprint density at radius 1 is 1.00 bits per heavy atom. The third-order valence-corrected chi connectivity index (χ3v) is 2.56. The van der Waals surface area contributed by atoms with Crippen molar-refractivity contribution in [2.24, 2.45) is 0 Å². The van der Waals surface area contributed by atoms with Crippen LogP contribution in [0.1, 0.15) is 40.1 Å². The van der Waals surface area contributed by atoms with Crippen LogP contribution in [0.3, 0.4) is 0 Å². The highest BCUT2D eigenvalue weighted by Crippen LogP contribution is 2.29. The lowest BCUT2D eigenvalue weighted by molar-refractivity contribution is -0.136. The van der Waals surface area contributed by atoms with E-state index in [1.165, 1.54) is 19.2 Å². The Kier molecular flexibility index (Phi) is 5.85. The summed E-state index contributed by atoms with van der Waals surface area (Å²) < 4.78 is 14.0. The van der Waals surface area contributed by atoms with Gasteiger partial charge in [0.2, 0.25) is 0 Å². The zero-order valence-electron chi connectivity index (χ0n) is 12.3. The van der Waals surface area contributed by atoms with Gasteiger partial charge < -0.3 is 14.2 Å². The van der Waals surface area contributed by atoms with Crippen molar-refractivity contribution in [3.63, 3.8) is 0 Å². The maximum atomic E-state index is 12.0. The number of carbonyl (C=O) groups is 4. The van der Waals surface area contributed by atoms with Crippen LogP contribution in [0, 0.1) is 0 Å². The molecular formula is C14H13BO7. The summed E-state index contributed by atoms with van der Waals surface area (Å²) in [6.07, 6.45) is -0.0548. The van der Waals surface area contributed by atoms with E-state index in [1.54, 1.807) is 0 Å². The van der Waals surface area contributed by atoms with Crippen molar-refractivity contribution in [3.05, 3.63) is 28.8 Å². The Morgan fingerprint density at radius 3 is 2.00 bits per heavy atom. The van der Waals surface area contributed by atoms with Crippen molar-refractivity contribution >= 4 is 31.7 Å². The second kappa shape index (κ2) is 7.40. The average Bonchev–Trinajstić information content (AvgIpc) is 2.43. The summed E-state index contributed by atoms with van der Waals surface area (Å²) >= 11 is 0. The van der Waals surface area contributed by atoms with Crippen molar-refractivity contribution in [2.45, 2.75) is 20.2 Å². The molecule has 0 aliphatic carbocycles.